The molecule has 0 saturated carbocycles. The SMILES string of the molecule is COc1cc(=O)n2c(c1C(=O)NCc1ccsc1)CCN(Cc1ccc3ccccc3c1)CC2. The van der Waals surface area contributed by atoms with Gasteiger partial charge in [0.2, 0.25) is 0 Å². The number of fused-ring (bicyclic) bond motifs is 2. The molecule has 0 aliphatic carbocycles. The van der Waals surface area contributed by atoms with Gasteiger partial charge in [-0.2, -0.15) is 11.3 Å². The van der Waals surface area contributed by atoms with Crippen LogP contribution < -0.4 is 15.6 Å². The van der Waals surface area contributed by atoms with E-state index in [2.05, 4.69) is 46.6 Å². The first-order valence-electron chi connectivity index (χ1n) is 11.4. The lowest BCUT2D eigenvalue weighted by Gasteiger charge is -2.19. The molecule has 1 aliphatic heterocycles. The van der Waals surface area contributed by atoms with E-state index in [0.717, 1.165) is 30.9 Å². The number of methoxy groups -OCH3 is 1. The standard InChI is InChI=1S/C27H27N3O3S/c1-33-24-15-25(31)30-12-11-29(17-19-6-7-21-4-2-3-5-22(21)14-19)10-8-23(30)26(24)27(32)28-16-20-9-13-34-18-20/h2-7,9,13-15,18H,8,10-12,16-17H2,1H3,(H,28,32). The summed E-state index contributed by atoms with van der Waals surface area (Å²) < 4.78 is 7.21. The molecule has 6 nitrogen and oxygen atoms in total. The van der Waals surface area contributed by atoms with Crippen LogP contribution in [0.3, 0.4) is 0 Å². The highest BCUT2D eigenvalue weighted by Crippen LogP contribution is 2.24. The third-order valence-electron chi connectivity index (χ3n) is 6.39. The monoisotopic (exact) mass is 473 g/mol. The van der Waals surface area contributed by atoms with Crippen LogP contribution in [0.15, 0.2) is 70.2 Å². The first kappa shape index (κ1) is 22.4. The van der Waals surface area contributed by atoms with Gasteiger partial charge in [-0.25, -0.2) is 0 Å². The molecule has 0 atom stereocenters. The van der Waals surface area contributed by atoms with Crippen molar-refractivity contribution in [2.75, 3.05) is 20.2 Å². The molecule has 2 aromatic carbocycles. The van der Waals surface area contributed by atoms with E-state index in [1.165, 1.54) is 29.5 Å². The minimum atomic E-state index is -0.213. The van der Waals surface area contributed by atoms with E-state index in [4.69, 9.17) is 4.74 Å². The topological polar surface area (TPSA) is 63.6 Å². The van der Waals surface area contributed by atoms with Crippen molar-refractivity contribution in [1.82, 2.24) is 14.8 Å². The number of carbonyl (C=O) groups excluding carboxylic acids is 1. The van der Waals surface area contributed by atoms with Crippen molar-refractivity contribution in [3.8, 4) is 5.75 Å². The highest BCUT2D eigenvalue weighted by Gasteiger charge is 2.25. The Morgan fingerprint density at radius 2 is 1.88 bits per heavy atom. The maximum Gasteiger partial charge on any atom is 0.257 e. The highest BCUT2D eigenvalue weighted by molar-refractivity contribution is 7.07. The molecule has 1 amide bonds. The molecule has 7 heteroatoms. The summed E-state index contributed by atoms with van der Waals surface area (Å²) in [6.07, 6.45) is 0.598. The van der Waals surface area contributed by atoms with Crippen LogP contribution in [0.1, 0.15) is 27.2 Å². The molecular formula is C27H27N3O3S. The van der Waals surface area contributed by atoms with Crippen molar-refractivity contribution in [2.24, 2.45) is 0 Å². The molecule has 1 N–H and O–H groups in total. The van der Waals surface area contributed by atoms with Gasteiger partial charge in [0.1, 0.15) is 11.3 Å². The van der Waals surface area contributed by atoms with Gasteiger partial charge in [-0.15, -0.1) is 0 Å². The predicted molar refractivity (Wildman–Crippen MR) is 136 cm³/mol. The van der Waals surface area contributed by atoms with E-state index in [9.17, 15) is 9.59 Å². The van der Waals surface area contributed by atoms with Crippen molar-refractivity contribution in [3.05, 3.63) is 98.1 Å². The van der Waals surface area contributed by atoms with Crippen LogP contribution in [-0.2, 0) is 26.1 Å². The Balaban J connectivity index is 1.38. The maximum atomic E-state index is 13.2. The van der Waals surface area contributed by atoms with Crippen molar-refractivity contribution in [3.63, 3.8) is 0 Å². The predicted octanol–water partition coefficient (Wildman–Crippen LogP) is 4.06. The largest absolute Gasteiger partial charge is 0.496 e. The number of aromatic nitrogens is 1. The summed E-state index contributed by atoms with van der Waals surface area (Å²) in [7, 11) is 1.50. The number of ether oxygens (including phenoxy) is 1. The molecule has 0 spiro atoms. The van der Waals surface area contributed by atoms with Crippen LogP contribution in [0.4, 0.5) is 0 Å². The minimum absolute atomic E-state index is 0.131. The number of rotatable bonds is 6. The van der Waals surface area contributed by atoms with E-state index >= 15 is 0 Å². The number of benzene rings is 2. The average Bonchev–Trinajstić information content (AvgIpc) is 3.29. The molecule has 5 rings (SSSR count). The van der Waals surface area contributed by atoms with E-state index in [1.807, 2.05) is 22.9 Å². The molecule has 3 heterocycles. The number of hydrogen-bond donors (Lipinski definition) is 1. The Hall–Kier alpha value is -3.42. The number of thiophene rings is 1. The van der Waals surface area contributed by atoms with Crippen LogP contribution in [0, 0.1) is 0 Å². The second-order valence-corrected chi connectivity index (χ2v) is 9.33. The van der Waals surface area contributed by atoms with E-state index < -0.39 is 0 Å². The van der Waals surface area contributed by atoms with Crippen molar-refractivity contribution in [1.29, 1.82) is 0 Å². The highest BCUT2D eigenvalue weighted by atomic mass is 32.1. The van der Waals surface area contributed by atoms with Crippen molar-refractivity contribution >= 4 is 28.0 Å². The zero-order valence-electron chi connectivity index (χ0n) is 19.1. The fourth-order valence-electron chi connectivity index (χ4n) is 4.62. The van der Waals surface area contributed by atoms with Gasteiger partial charge < -0.3 is 14.6 Å². The van der Waals surface area contributed by atoms with Crippen LogP contribution >= 0.6 is 11.3 Å². The number of nitrogens with one attached hydrogen (secondary N) is 1. The van der Waals surface area contributed by atoms with Gasteiger partial charge in [0.15, 0.2) is 0 Å². The summed E-state index contributed by atoms with van der Waals surface area (Å²) in [6, 6.07) is 18.3. The third kappa shape index (κ3) is 4.62. The minimum Gasteiger partial charge on any atom is -0.496 e. The maximum absolute atomic E-state index is 13.2. The van der Waals surface area contributed by atoms with Gasteiger partial charge in [-0.3, -0.25) is 14.5 Å². The molecular weight excluding hydrogens is 446 g/mol. The number of pyridine rings is 1. The Morgan fingerprint density at radius 3 is 2.68 bits per heavy atom. The van der Waals surface area contributed by atoms with Crippen LogP contribution in [-0.4, -0.2) is 35.6 Å². The molecule has 0 radical (unpaired) electrons. The van der Waals surface area contributed by atoms with E-state index in [0.29, 0.717) is 30.8 Å². The lowest BCUT2D eigenvalue weighted by molar-refractivity contribution is 0.0945. The second-order valence-electron chi connectivity index (χ2n) is 8.55. The molecule has 2 aromatic heterocycles. The normalized spacial score (nSPS) is 13.9. The Bertz CT molecular complexity index is 1380. The Morgan fingerprint density at radius 1 is 1.03 bits per heavy atom. The molecule has 0 fully saturated rings. The first-order valence-corrected chi connectivity index (χ1v) is 12.4. The smallest absolute Gasteiger partial charge is 0.257 e. The summed E-state index contributed by atoms with van der Waals surface area (Å²) in [5.41, 5.74) is 3.37. The number of nitrogens with zero attached hydrogens (tertiary/aromatic N) is 2. The van der Waals surface area contributed by atoms with Crippen LogP contribution in [0.25, 0.3) is 10.8 Å². The summed E-state index contributed by atoms with van der Waals surface area (Å²) >= 11 is 1.60. The molecule has 4 aromatic rings. The van der Waals surface area contributed by atoms with Gasteiger partial charge in [0.05, 0.1) is 7.11 Å². The lowest BCUT2D eigenvalue weighted by atomic mass is 10.1. The number of carbonyl (C=O) groups is 1. The molecule has 174 valence electrons. The zero-order chi connectivity index (χ0) is 23.5. The summed E-state index contributed by atoms with van der Waals surface area (Å²) in [5, 5.41) is 9.45. The van der Waals surface area contributed by atoms with E-state index in [1.54, 1.807) is 15.9 Å². The summed E-state index contributed by atoms with van der Waals surface area (Å²) in [6.45, 7) is 3.27. The van der Waals surface area contributed by atoms with Crippen LogP contribution in [0.2, 0.25) is 0 Å². The fourth-order valence-corrected chi connectivity index (χ4v) is 5.28. The van der Waals surface area contributed by atoms with Gasteiger partial charge in [-0.05, 0) is 44.8 Å². The number of hydrogen-bond acceptors (Lipinski definition) is 5. The van der Waals surface area contributed by atoms with Gasteiger partial charge >= 0.3 is 0 Å². The second kappa shape index (κ2) is 9.83. The quantitative estimate of drug-likeness (QED) is 0.459. The summed E-state index contributed by atoms with van der Waals surface area (Å²) in [4.78, 5) is 28.4. The zero-order valence-corrected chi connectivity index (χ0v) is 19.9. The Labute approximate surface area is 202 Å². The molecule has 34 heavy (non-hydrogen) atoms. The van der Waals surface area contributed by atoms with E-state index in [-0.39, 0.29) is 11.5 Å². The van der Waals surface area contributed by atoms with Gasteiger partial charge in [0.25, 0.3) is 11.5 Å². The third-order valence-corrected chi connectivity index (χ3v) is 7.12. The molecule has 0 saturated heterocycles. The van der Waals surface area contributed by atoms with Crippen molar-refractivity contribution in [2.45, 2.75) is 26.1 Å². The first-order chi connectivity index (χ1) is 16.6. The van der Waals surface area contributed by atoms with Gasteiger partial charge in [-0.1, -0.05) is 36.4 Å². The van der Waals surface area contributed by atoms with Crippen molar-refractivity contribution < 1.29 is 9.53 Å². The van der Waals surface area contributed by atoms with Gasteiger partial charge in [0, 0.05) is 50.9 Å². The molecule has 0 bridgehead atoms. The summed E-state index contributed by atoms with van der Waals surface area (Å²) in [5.74, 6) is 0.122. The fraction of sp³-hybridized carbons (Fsp3) is 0.259. The van der Waals surface area contributed by atoms with Crippen LogP contribution in [0.5, 0.6) is 5.75 Å². The molecule has 1 aliphatic rings. The number of amides is 1. The average molecular weight is 474 g/mol. The lowest BCUT2D eigenvalue weighted by Crippen LogP contribution is -2.31. The Kier molecular flexibility index (Phi) is 6.47. The molecule has 0 unspecified atom stereocenters.